The van der Waals surface area contributed by atoms with E-state index in [2.05, 4.69) is 15.3 Å². The molecule has 60 heavy (non-hydrogen) atoms. The lowest BCUT2D eigenvalue weighted by molar-refractivity contribution is -0.295. The normalized spacial score (nSPS) is 37.1. The number of nitrogens with two attached hydrogens (primary N) is 1. The first-order valence-electron chi connectivity index (χ1n) is 20.9. The van der Waals surface area contributed by atoms with Crippen LogP contribution in [0.15, 0.2) is 24.4 Å². The topological polar surface area (TPSA) is 211 Å². The first-order chi connectivity index (χ1) is 28.1. The highest BCUT2D eigenvalue weighted by molar-refractivity contribution is 6.08. The van der Waals surface area contributed by atoms with E-state index in [0.717, 1.165) is 6.92 Å². The van der Waals surface area contributed by atoms with Gasteiger partial charge in [-0.15, -0.1) is 5.10 Å². The summed E-state index contributed by atoms with van der Waals surface area (Å²) >= 11 is 0. The first kappa shape index (κ1) is 47.0. The number of alkyl halides is 1. The van der Waals surface area contributed by atoms with Crippen molar-refractivity contribution >= 4 is 29.4 Å². The van der Waals surface area contributed by atoms with E-state index in [0.29, 0.717) is 43.0 Å². The van der Waals surface area contributed by atoms with Gasteiger partial charge in [0.2, 0.25) is 0 Å². The summed E-state index contributed by atoms with van der Waals surface area (Å²) in [5, 5.41) is 19.8. The predicted octanol–water partition coefficient (Wildman–Crippen LogP) is 4.00. The maximum absolute atomic E-state index is 16.9. The third-order valence-corrected chi connectivity index (χ3v) is 12.8. The number of carbonyl (C=O) groups is 4. The number of likely N-dealkylation sites (N-methyl/N-ethyl adjacent to an activating group) is 1. The molecule has 3 fully saturated rings. The number of fused-ring (bicyclic) bond motifs is 1. The number of hydrogen-bond acceptors (Lipinski definition) is 15. The monoisotopic (exact) mass is 845 g/mol. The minimum Gasteiger partial charge on any atom is -0.455 e. The van der Waals surface area contributed by atoms with E-state index >= 15 is 4.39 Å². The number of aliphatic hydroxyl groups is 1. The lowest BCUT2D eigenvalue weighted by atomic mass is 9.73. The smallest absolute Gasteiger partial charge is 0.410 e. The molecular formula is C42H64FN7O10. The number of Topliss-reactive ketones (excluding diaryl/α,β-unsaturated/α-hetero) is 2. The van der Waals surface area contributed by atoms with E-state index in [1.54, 1.807) is 63.7 Å². The van der Waals surface area contributed by atoms with Crippen molar-refractivity contribution in [2.75, 3.05) is 33.5 Å². The van der Waals surface area contributed by atoms with E-state index < -0.39 is 83.1 Å². The molecule has 3 N–H and O–H groups in total. The van der Waals surface area contributed by atoms with Gasteiger partial charge in [-0.2, -0.15) is 0 Å². The fourth-order valence-electron chi connectivity index (χ4n) is 9.39. The number of ether oxygens (including phenoxy) is 5. The molecule has 5 heterocycles. The summed E-state index contributed by atoms with van der Waals surface area (Å²) in [5.41, 5.74) is 0.700. The number of esters is 1. The van der Waals surface area contributed by atoms with Crippen LogP contribution in [-0.2, 0) is 44.6 Å². The number of ketones is 2. The maximum atomic E-state index is 16.9. The number of amides is 1. The molecule has 13 atom stereocenters. The second-order valence-corrected chi connectivity index (χ2v) is 17.6. The average Bonchev–Trinajstić information content (AvgIpc) is 3.78. The van der Waals surface area contributed by atoms with Crippen molar-refractivity contribution in [2.45, 2.75) is 154 Å². The molecule has 17 nitrogen and oxygen atoms in total. The molecule has 0 aromatic carbocycles. The number of hydrogen-bond donors (Lipinski definition) is 2. The van der Waals surface area contributed by atoms with E-state index in [-0.39, 0.29) is 37.3 Å². The first-order valence-corrected chi connectivity index (χ1v) is 20.9. The molecule has 2 aromatic heterocycles. The Bertz CT molecular complexity index is 1860. The van der Waals surface area contributed by atoms with E-state index in [1.807, 2.05) is 25.9 Å². The van der Waals surface area contributed by atoms with Crippen LogP contribution in [0.3, 0.4) is 0 Å². The minimum atomic E-state index is -3.19. The average molecular weight is 846 g/mol. The van der Waals surface area contributed by atoms with Gasteiger partial charge in [0.1, 0.15) is 29.5 Å². The van der Waals surface area contributed by atoms with E-state index in [4.69, 9.17) is 29.4 Å². The largest absolute Gasteiger partial charge is 0.455 e. The number of methoxy groups -OCH3 is 1. The molecule has 0 spiro atoms. The van der Waals surface area contributed by atoms with Crippen LogP contribution in [0.5, 0.6) is 0 Å². The Morgan fingerprint density at radius 2 is 1.72 bits per heavy atom. The fourth-order valence-corrected chi connectivity index (χ4v) is 9.39. The Kier molecular flexibility index (Phi) is 14.5. The summed E-state index contributed by atoms with van der Waals surface area (Å²) in [6, 6.07) is 3.91. The van der Waals surface area contributed by atoms with Gasteiger partial charge in [0, 0.05) is 44.0 Å². The zero-order valence-corrected chi connectivity index (χ0v) is 36.8. The van der Waals surface area contributed by atoms with Gasteiger partial charge >= 0.3 is 12.1 Å². The summed E-state index contributed by atoms with van der Waals surface area (Å²) in [7, 11) is 5.03. The number of rotatable bonds is 11. The Balaban J connectivity index is 1.45. The lowest BCUT2D eigenvalue weighted by Crippen LogP contribution is -2.61. The Morgan fingerprint density at radius 3 is 2.35 bits per heavy atom. The molecular weight excluding hydrogens is 781 g/mol. The summed E-state index contributed by atoms with van der Waals surface area (Å²) < 4.78 is 49.1. The van der Waals surface area contributed by atoms with Crippen molar-refractivity contribution in [2.24, 2.45) is 17.8 Å². The van der Waals surface area contributed by atoms with Gasteiger partial charge in [0.25, 0.3) is 5.67 Å². The summed E-state index contributed by atoms with van der Waals surface area (Å²) in [6.45, 7) is 13.1. The van der Waals surface area contributed by atoms with E-state index in [1.165, 1.54) is 18.9 Å². The van der Waals surface area contributed by atoms with E-state index in [9.17, 15) is 24.3 Å². The lowest BCUT2D eigenvalue weighted by Gasteiger charge is -2.47. The number of unbranched alkanes of at least 4 members (excludes halogenated alkanes) is 1. The Hall–Kier alpha value is -4.10. The van der Waals surface area contributed by atoms with Gasteiger partial charge in [-0.1, -0.05) is 39.0 Å². The molecule has 334 valence electrons. The van der Waals surface area contributed by atoms with Crippen LogP contribution in [0.2, 0.25) is 0 Å². The van der Waals surface area contributed by atoms with Crippen molar-refractivity contribution < 1.29 is 52.4 Å². The zero-order valence-electron chi connectivity index (χ0n) is 36.8. The van der Waals surface area contributed by atoms with Crippen LogP contribution in [-0.4, -0.2) is 146 Å². The highest BCUT2D eigenvalue weighted by atomic mass is 19.1. The highest BCUT2D eigenvalue weighted by Gasteiger charge is 2.61. The molecule has 2 aromatic rings. The minimum absolute atomic E-state index is 0.0156. The maximum Gasteiger partial charge on any atom is 0.410 e. The molecule has 1 amide bonds. The number of pyridine rings is 1. The van der Waals surface area contributed by atoms with Gasteiger partial charge in [-0.3, -0.25) is 14.3 Å². The number of carbonyl (C=O) groups excluding carboxylic acids is 4. The summed E-state index contributed by atoms with van der Waals surface area (Å²) in [6.07, 6.45) is -2.71. The van der Waals surface area contributed by atoms with Crippen LogP contribution >= 0.6 is 0 Å². The van der Waals surface area contributed by atoms with Crippen LogP contribution in [0.25, 0.3) is 11.4 Å². The molecule has 0 saturated carbocycles. The SMILES string of the molecule is CC[C@H]1OC(=O)[C@@](C)(F)C(=O)[C@H](C)[C@@H](OC2OC(C)CC(N(C)C)C2O)[C@@](C)(OC)C[C@@H](C)C(=O)[C@H](C)C2N(CCCCn3cc(-c4cccc(N)n4)nn3)C(=O)O[C@@]21C. The second-order valence-electron chi connectivity index (χ2n) is 17.6. The second kappa shape index (κ2) is 18.5. The molecule has 5 unspecified atom stereocenters. The quantitative estimate of drug-likeness (QED) is 0.186. The van der Waals surface area contributed by atoms with Crippen LogP contribution in [0.1, 0.15) is 87.5 Å². The number of aliphatic hydroxyl groups excluding tert-OH is 1. The third-order valence-electron chi connectivity index (χ3n) is 12.8. The summed E-state index contributed by atoms with van der Waals surface area (Å²) in [4.78, 5) is 64.3. The van der Waals surface area contributed by atoms with Crippen molar-refractivity contribution in [1.29, 1.82) is 0 Å². The number of aryl methyl sites for hydroxylation is 1. The van der Waals surface area contributed by atoms with Gasteiger partial charge in [0.15, 0.2) is 17.7 Å². The van der Waals surface area contributed by atoms with Crippen molar-refractivity contribution in [3.05, 3.63) is 24.4 Å². The third kappa shape index (κ3) is 9.37. The Morgan fingerprint density at radius 1 is 1.03 bits per heavy atom. The van der Waals surface area contributed by atoms with Crippen molar-refractivity contribution in [3.63, 3.8) is 0 Å². The van der Waals surface area contributed by atoms with Crippen LogP contribution in [0, 0.1) is 17.8 Å². The van der Waals surface area contributed by atoms with Gasteiger partial charge in [-0.05, 0) is 86.0 Å². The predicted molar refractivity (Wildman–Crippen MR) is 217 cm³/mol. The number of anilines is 1. The van der Waals surface area contributed by atoms with Gasteiger partial charge < -0.3 is 44.3 Å². The summed E-state index contributed by atoms with van der Waals surface area (Å²) in [5.74, 6) is -5.52. The standard InChI is InChI=1S/C42H64FN7O10/c1-12-30-42(8)34(50(39(55)60-42)19-14-13-18-49-22-28(46-47-49)27-16-15-17-31(44)45-27)25(4)32(51)23(2)21-40(6,56-11)36(26(5)35(53)41(7,43)38(54)58-30)59-37-33(52)29(48(9)10)20-24(3)57-37/h15-17,22-26,29-30,33-34,36-37,52H,12-14,18-21H2,1-11H3,(H2,44,45)/t23-,24?,25+,26+,29?,30-,33?,34?,36-,37?,40+,41+,42-/m1/s1. The van der Waals surface area contributed by atoms with Crippen LogP contribution < -0.4 is 5.73 Å². The molecule has 0 aliphatic carbocycles. The molecule has 3 saturated heterocycles. The molecule has 3 aliphatic rings. The van der Waals surface area contributed by atoms with Crippen molar-refractivity contribution in [3.8, 4) is 11.4 Å². The molecule has 0 radical (unpaired) electrons. The molecule has 5 rings (SSSR count). The molecule has 0 bridgehead atoms. The number of halogens is 1. The number of nitrogen functional groups attached to an aromatic ring is 1. The van der Waals surface area contributed by atoms with Crippen molar-refractivity contribution in [1.82, 2.24) is 29.8 Å². The highest BCUT2D eigenvalue weighted by Crippen LogP contribution is 2.44. The number of cyclic esters (lactones) is 1. The molecule has 3 aliphatic heterocycles. The van der Waals surface area contributed by atoms with Gasteiger partial charge in [0.05, 0.1) is 35.7 Å². The Labute approximate surface area is 351 Å². The fraction of sp³-hybridized carbons (Fsp3) is 0.738. The van der Waals surface area contributed by atoms with Crippen LogP contribution in [0.4, 0.5) is 15.0 Å². The number of aromatic nitrogens is 4. The number of nitrogens with zero attached hydrogens (tertiary/aromatic N) is 6. The zero-order chi connectivity index (χ0) is 44.5. The molecule has 18 heteroatoms. The van der Waals surface area contributed by atoms with Gasteiger partial charge in [-0.25, -0.2) is 19.0 Å².